The third-order valence-electron chi connectivity index (χ3n) is 5.41. The zero-order valence-electron chi connectivity index (χ0n) is 18.4. The lowest BCUT2D eigenvalue weighted by Gasteiger charge is -2.17. The van der Waals surface area contributed by atoms with Gasteiger partial charge < -0.3 is 26.1 Å². The number of aromatic nitrogens is 5. The highest BCUT2D eigenvalue weighted by Gasteiger charge is 2.12. The highest BCUT2D eigenvalue weighted by Crippen LogP contribution is 2.31. The van der Waals surface area contributed by atoms with E-state index in [1.54, 1.807) is 6.20 Å². The number of nitrogens with zero attached hydrogens (tertiary/aromatic N) is 5. The van der Waals surface area contributed by atoms with Crippen LogP contribution in [0.2, 0.25) is 0 Å². The number of hydrogen-bond donors (Lipinski definition) is 3. The van der Waals surface area contributed by atoms with Gasteiger partial charge in [-0.05, 0) is 37.7 Å². The Labute approximate surface area is 186 Å². The summed E-state index contributed by atoms with van der Waals surface area (Å²) in [5.74, 6) is 0.892. The van der Waals surface area contributed by atoms with Crippen molar-refractivity contribution in [3.8, 4) is 28.4 Å². The van der Waals surface area contributed by atoms with E-state index in [4.69, 9.17) is 16.2 Å². The van der Waals surface area contributed by atoms with Crippen molar-refractivity contribution in [2.24, 2.45) is 0 Å². The molecule has 0 aliphatic carbocycles. The molecule has 0 aliphatic rings. The van der Waals surface area contributed by atoms with Crippen molar-refractivity contribution in [2.75, 3.05) is 37.7 Å². The molecule has 3 heterocycles. The van der Waals surface area contributed by atoms with Gasteiger partial charge in [-0.15, -0.1) is 0 Å². The van der Waals surface area contributed by atoms with E-state index in [9.17, 15) is 0 Å². The van der Waals surface area contributed by atoms with E-state index >= 15 is 0 Å². The number of anilines is 2. The Morgan fingerprint density at radius 3 is 2.56 bits per heavy atom. The summed E-state index contributed by atoms with van der Waals surface area (Å²) in [7, 11) is 0. The quantitative estimate of drug-likeness (QED) is 0.343. The molecular formula is C23H28N8O. The van der Waals surface area contributed by atoms with Crippen LogP contribution >= 0.6 is 0 Å². The zero-order chi connectivity index (χ0) is 22.5. The molecule has 0 radical (unpaired) electrons. The Morgan fingerprint density at radius 2 is 1.78 bits per heavy atom. The molecule has 32 heavy (non-hydrogen) atoms. The first-order valence-corrected chi connectivity index (χ1v) is 10.8. The molecule has 0 saturated carbocycles. The molecule has 0 fully saturated rings. The smallest absolute Gasteiger partial charge is 0.223 e. The number of nitrogen functional groups attached to an aromatic ring is 2. The average molecular weight is 433 g/mol. The third kappa shape index (κ3) is 4.78. The number of rotatable bonds is 9. The van der Waals surface area contributed by atoms with E-state index in [1.807, 2.05) is 36.5 Å². The third-order valence-corrected chi connectivity index (χ3v) is 5.41. The zero-order valence-corrected chi connectivity index (χ0v) is 18.4. The monoisotopic (exact) mass is 432 g/mol. The van der Waals surface area contributed by atoms with E-state index in [2.05, 4.69) is 43.7 Å². The van der Waals surface area contributed by atoms with Crippen molar-refractivity contribution < 1.29 is 4.74 Å². The molecule has 9 nitrogen and oxygen atoms in total. The summed E-state index contributed by atoms with van der Waals surface area (Å²) in [5, 5.41) is 1.000. The topological polar surface area (TPSA) is 132 Å². The molecule has 4 aromatic rings. The Kier molecular flexibility index (Phi) is 6.46. The van der Waals surface area contributed by atoms with E-state index in [1.165, 1.54) is 0 Å². The predicted molar refractivity (Wildman–Crippen MR) is 127 cm³/mol. The van der Waals surface area contributed by atoms with Crippen LogP contribution in [-0.4, -0.2) is 56.1 Å². The van der Waals surface area contributed by atoms with Crippen LogP contribution in [0.5, 0.6) is 5.88 Å². The normalized spacial score (nSPS) is 11.3. The van der Waals surface area contributed by atoms with Gasteiger partial charge in [0.25, 0.3) is 0 Å². The second-order valence-electron chi connectivity index (χ2n) is 7.44. The van der Waals surface area contributed by atoms with Crippen LogP contribution in [-0.2, 0) is 0 Å². The summed E-state index contributed by atoms with van der Waals surface area (Å²) in [6.07, 6.45) is 4.48. The fourth-order valence-electron chi connectivity index (χ4n) is 3.69. The van der Waals surface area contributed by atoms with Crippen LogP contribution < -0.4 is 16.2 Å². The van der Waals surface area contributed by atoms with Gasteiger partial charge in [-0.25, -0.2) is 15.0 Å². The van der Waals surface area contributed by atoms with Crippen molar-refractivity contribution in [1.82, 2.24) is 29.8 Å². The molecule has 0 spiro atoms. The maximum absolute atomic E-state index is 5.98. The van der Waals surface area contributed by atoms with Gasteiger partial charge in [-0.2, -0.15) is 4.98 Å². The standard InChI is InChI=1S/C23H28N8O/c1-3-31(4-2)10-5-11-32-21-13-20(29-23(25)30-21)15-6-7-18-16(12-15)17(14-27-18)19-8-9-26-22(24)28-19/h6-9,12-14,27H,3-5,10-11H2,1-2H3,(H2,24,26,28)(H2,25,29,30). The maximum Gasteiger partial charge on any atom is 0.223 e. The highest BCUT2D eigenvalue weighted by atomic mass is 16.5. The number of nitrogens with two attached hydrogens (primary N) is 2. The van der Waals surface area contributed by atoms with Crippen LogP contribution in [0.4, 0.5) is 11.9 Å². The molecule has 3 aromatic heterocycles. The number of benzene rings is 1. The molecule has 0 aliphatic heterocycles. The van der Waals surface area contributed by atoms with Gasteiger partial charge in [0.2, 0.25) is 17.8 Å². The van der Waals surface area contributed by atoms with E-state index in [-0.39, 0.29) is 11.9 Å². The summed E-state index contributed by atoms with van der Waals surface area (Å²) >= 11 is 0. The van der Waals surface area contributed by atoms with Gasteiger partial charge >= 0.3 is 0 Å². The summed E-state index contributed by atoms with van der Waals surface area (Å²) in [6, 6.07) is 9.69. The SMILES string of the molecule is CCN(CC)CCCOc1cc(-c2ccc3[nH]cc(-c4ccnc(N)n4)c3c2)nc(N)n1. The predicted octanol–water partition coefficient (Wildman–Crippen LogP) is 3.36. The van der Waals surface area contributed by atoms with Gasteiger partial charge in [0.05, 0.1) is 18.0 Å². The Hall–Kier alpha value is -3.72. The molecule has 0 atom stereocenters. The lowest BCUT2D eigenvalue weighted by Crippen LogP contribution is -2.25. The number of hydrogen-bond acceptors (Lipinski definition) is 8. The van der Waals surface area contributed by atoms with Crippen molar-refractivity contribution >= 4 is 22.8 Å². The summed E-state index contributed by atoms with van der Waals surface area (Å²) in [5.41, 5.74) is 16.0. The number of nitrogens with one attached hydrogen (secondary N) is 1. The number of H-pyrrole nitrogens is 1. The second kappa shape index (κ2) is 9.61. The molecule has 5 N–H and O–H groups in total. The van der Waals surface area contributed by atoms with Gasteiger partial charge in [-0.1, -0.05) is 19.9 Å². The van der Waals surface area contributed by atoms with Crippen molar-refractivity contribution in [3.63, 3.8) is 0 Å². The summed E-state index contributed by atoms with van der Waals surface area (Å²) in [6.45, 7) is 7.95. The number of fused-ring (bicyclic) bond motifs is 1. The maximum atomic E-state index is 5.98. The fraction of sp³-hybridized carbons (Fsp3) is 0.304. The molecule has 166 valence electrons. The Morgan fingerprint density at radius 1 is 0.969 bits per heavy atom. The highest BCUT2D eigenvalue weighted by molar-refractivity contribution is 5.97. The molecule has 4 rings (SSSR count). The van der Waals surface area contributed by atoms with E-state index in [0.29, 0.717) is 18.2 Å². The lowest BCUT2D eigenvalue weighted by atomic mass is 10.1. The van der Waals surface area contributed by atoms with Crippen molar-refractivity contribution in [1.29, 1.82) is 0 Å². The van der Waals surface area contributed by atoms with Gasteiger partial charge in [0, 0.05) is 47.0 Å². The lowest BCUT2D eigenvalue weighted by molar-refractivity contribution is 0.244. The minimum atomic E-state index is 0.180. The largest absolute Gasteiger partial charge is 0.477 e. The molecule has 1 aromatic carbocycles. The number of ether oxygens (including phenoxy) is 1. The Bertz CT molecular complexity index is 1200. The molecule has 0 saturated heterocycles. The van der Waals surface area contributed by atoms with Gasteiger partial charge in [0.15, 0.2) is 0 Å². The molecule has 0 amide bonds. The van der Waals surface area contributed by atoms with E-state index in [0.717, 1.165) is 53.8 Å². The molecular weight excluding hydrogens is 404 g/mol. The first-order chi connectivity index (χ1) is 15.6. The summed E-state index contributed by atoms with van der Waals surface area (Å²) in [4.78, 5) is 22.6. The van der Waals surface area contributed by atoms with Crippen LogP contribution in [0.15, 0.2) is 42.7 Å². The van der Waals surface area contributed by atoms with Crippen molar-refractivity contribution in [3.05, 3.63) is 42.7 Å². The molecule has 9 heteroatoms. The minimum Gasteiger partial charge on any atom is -0.477 e. The van der Waals surface area contributed by atoms with Crippen molar-refractivity contribution in [2.45, 2.75) is 20.3 Å². The minimum absolute atomic E-state index is 0.180. The number of aromatic amines is 1. The second-order valence-corrected chi connectivity index (χ2v) is 7.44. The van der Waals surface area contributed by atoms with E-state index < -0.39 is 0 Å². The molecule has 0 unspecified atom stereocenters. The van der Waals surface area contributed by atoms with Crippen LogP contribution in [0.25, 0.3) is 33.4 Å². The first-order valence-electron chi connectivity index (χ1n) is 10.8. The molecule has 0 bridgehead atoms. The van der Waals surface area contributed by atoms with Crippen LogP contribution in [0.3, 0.4) is 0 Å². The van der Waals surface area contributed by atoms with Gasteiger partial charge in [-0.3, -0.25) is 0 Å². The van der Waals surface area contributed by atoms with Gasteiger partial charge in [0.1, 0.15) is 0 Å². The average Bonchev–Trinajstić information content (AvgIpc) is 3.22. The first kappa shape index (κ1) is 21.5. The van der Waals surface area contributed by atoms with Crippen LogP contribution in [0, 0.1) is 0 Å². The van der Waals surface area contributed by atoms with Crippen LogP contribution in [0.1, 0.15) is 20.3 Å². The fourth-order valence-corrected chi connectivity index (χ4v) is 3.69. The Balaban J connectivity index is 1.58. The summed E-state index contributed by atoms with van der Waals surface area (Å²) < 4.78 is 5.87.